The van der Waals surface area contributed by atoms with Crippen LogP contribution in [0.15, 0.2) is 36.7 Å². The number of aryl methyl sites for hydroxylation is 1. The molecule has 0 bridgehead atoms. The van der Waals surface area contributed by atoms with Crippen molar-refractivity contribution in [2.75, 3.05) is 49.1 Å². The van der Waals surface area contributed by atoms with Crippen LogP contribution in [0.4, 0.5) is 11.5 Å². The van der Waals surface area contributed by atoms with Gasteiger partial charge in [0.05, 0.1) is 0 Å². The van der Waals surface area contributed by atoms with Crippen LogP contribution in [-0.4, -0.2) is 60.0 Å². The molecule has 148 valence electrons. The second-order valence-electron chi connectivity index (χ2n) is 7.78. The summed E-state index contributed by atoms with van der Waals surface area (Å²) in [5.74, 6) is 0.904. The van der Waals surface area contributed by atoms with Crippen molar-refractivity contribution in [1.29, 1.82) is 0 Å². The molecule has 0 atom stereocenters. The fraction of sp³-hybridized carbons (Fsp3) is 0.500. The fourth-order valence-corrected chi connectivity index (χ4v) is 4.09. The van der Waals surface area contributed by atoms with Gasteiger partial charge in [0.15, 0.2) is 0 Å². The van der Waals surface area contributed by atoms with E-state index in [0.29, 0.717) is 5.69 Å². The molecule has 3 heterocycles. The second-order valence-corrected chi connectivity index (χ2v) is 7.78. The number of likely N-dealkylation sites (tertiary alicyclic amines) is 1. The fourth-order valence-electron chi connectivity index (χ4n) is 4.09. The number of anilines is 2. The third-order valence-corrected chi connectivity index (χ3v) is 5.74. The van der Waals surface area contributed by atoms with Crippen LogP contribution in [0, 0.1) is 6.92 Å². The Morgan fingerprint density at radius 3 is 2.29 bits per heavy atom. The summed E-state index contributed by atoms with van der Waals surface area (Å²) in [6.45, 7) is 7.49. The van der Waals surface area contributed by atoms with Gasteiger partial charge >= 0.3 is 0 Å². The van der Waals surface area contributed by atoms with Gasteiger partial charge in [-0.15, -0.1) is 0 Å². The van der Waals surface area contributed by atoms with Crippen LogP contribution in [0.5, 0.6) is 0 Å². The van der Waals surface area contributed by atoms with E-state index in [-0.39, 0.29) is 5.91 Å². The maximum absolute atomic E-state index is 12.9. The summed E-state index contributed by atoms with van der Waals surface area (Å²) in [4.78, 5) is 28.2. The number of piperazine rings is 1. The molecule has 0 radical (unpaired) electrons. The molecule has 0 saturated carbocycles. The number of amides is 1. The van der Waals surface area contributed by atoms with Gasteiger partial charge in [-0.1, -0.05) is 25.0 Å². The first-order valence-corrected chi connectivity index (χ1v) is 10.4. The molecule has 28 heavy (non-hydrogen) atoms. The zero-order valence-electron chi connectivity index (χ0n) is 16.7. The third-order valence-electron chi connectivity index (χ3n) is 5.74. The van der Waals surface area contributed by atoms with E-state index in [4.69, 9.17) is 0 Å². The van der Waals surface area contributed by atoms with Crippen molar-refractivity contribution in [2.45, 2.75) is 32.6 Å². The number of rotatable bonds is 3. The van der Waals surface area contributed by atoms with E-state index in [1.54, 1.807) is 0 Å². The third kappa shape index (κ3) is 4.26. The van der Waals surface area contributed by atoms with E-state index in [1.165, 1.54) is 30.4 Å². The normalized spacial score (nSPS) is 18.1. The molecule has 2 aliphatic heterocycles. The first-order valence-electron chi connectivity index (χ1n) is 10.4. The quantitative estimate of drug-likeness (QED) is 0.820. The highest BCUT2D eigenvalue weighted by molar-refractivity contribution is 5.93. The Balaban J connectivity index is 1.41. The SMILES string of the molecule is Cc1cccc(N2CCN(c3cc(C(=O)N4CCCCCC4)ncn3)CC2)c1. The first kappa shape index (κ1) is 18.7. The molecule has 2 aliphatic rings. The number of carbonyl (C=O) groups is 1. The van der Waals surface area contributed by atoms with Gasteiger partial charge in [-0.05, 0) is 37.5 Å². The lowest BCUT2D eigenvalue weighted by molar-refractivity contribution is 0.0755. The minimum atomic E-state index is 0.0453. The second kappa shape index (κ2) is 8.59. The molecule has 1 aromatic heterocycles. The Labute approximate surface area is 167 Å². The van der Waals surface area contributed by atoms with Gasteiger partial charge in [0, 0.05) is 51.0 Å². The average Bonchev–Trinajstić information content (AvgIpc) is 3.03. The van der Waals surface area contributed by atoms with Crippen LogP contribution in [0.2, 0.25) is 0 Å². The van der Waals surface area contributed by atoms with Crippen LogP contribution in [0.3, 0.4) is 0 Å². The van der Waals surface area contributed by atoms with Gasteiger partial charge < -0.3 is 14.7 Å². The van der Waals surface area contributed by atoms with Crippen molar-refractivity contribution in [3.05, 3.63) is 47.9 Å². The minimum Gasteiger partial charge on any atom is -0.368 e. The molecule has 2 saturated heterocycles. The van der Waals surface area contributed by atoms with Crippen LogP contribution < -0.4 is 9.80 Å². The summed E-state index contributed by atoms with van der Waals surface area (Å²) < 4.78 is 0. The molecule has 0 N–H and O–H groups in total. The molecule has 0 spiro atoms. The minimum absolute atomic E-state index is 0.0453. The standard InChI is InChI=1S/C22H29N5O/c1-18-7-6-8-19(15-18)25-11-13-26(14-12-25)21-16-20(23-17-24-21)22(28)27-9-4-2-3-5-10-27/h6-8,15-17H,2-5,9-14H2,1H3. The molecular formula is C22H29N5O. The number of carbonyl (C=O) groups excluding carboxylic acids is 1. The lowest BCUT2D eigenvalue weighted by Gasteiger charge is -2.36. The van der Waals surface area contributed by atoms with Crippen molar-refractivity contribution in [3.8, 4) is 0 Å². The Hall–Kier alpha value is -2.63. The monoisotopic (exact) mass is 379 g/mol. The van der Waals surface area contributed by atoms with E-state index in [9.17, 15) is 4.79 Å². The van der Waals surface area contributed by atoms with Gasteiger partial charge in [-0.2, -0.15) is 0 Å². The zero-order chi connectivity index (χ0) is 19.3. The topological polar surface area (TPSA) is 52.6 Å². The van der Waals surface area contributed by atoms with E-state index in [2.05, 4.69) is 51.0 Å². The smallest absolute Gasteiger partial charge is 0.272 e. The summed E-state index contributed by atoms with van der Waals surface area (Å²) >= 11 is 0. The van der Waals surface area contributed by atoms with Gasteiger partial charge in [0.25, 0.3) is 5.91 Å². The molecule has 0 aliphatic carbocycles. The molecule has 2 aromatic rings. The number of hydrogen-bond acceptors (Lipinski definition) is 5. The molecular weight excluding hydrogens is 350 g/mol. The van der Waals surface area contributed by atoms with Crippen LogP contribution in [-0.2, 0) is 0 Å². The van der Waals surface area contributed by atoms with E-state index < -0.39 is 0 Å². The van der Waals surface area contributed by atoms with E-state index >= 15 is 0 Å². The Morgan fingerprint density at radius 1 is 0.857 bits per heavy atom. The van der Waals surface area contributed by atoms with Crippen molar-refractivity contribution in [2.24, 2.45) is 0 Å². The van der Waals surface area contributed by atoms with Crippen molar-refractivity contribution in [3.63, 3.8) is 0 Å². The number of nitrogens with zero attached hydrogens (tertiary/aromatic N) is 5. The molecule has 6 nitrogen and oxygen atoms in total. The van der Waals surface area contributed by atoms with Crippen molar-refractivity contribution in [1.82, 2.24) is 14.9 Å². The number of benzene rings is 1. The maximum atomic E-state index is 12.9. The highest BCUT2D eigenvalue weighted by Gasteiger charge is 2.22. The largest absolute Gasteiger partial charge is 0.368 e. The summed E-state index contributed by atoms with van der Waals surface area (Å²) in [7, 11) is 0. The summed E-state index contributed by atoms with van der Waals surface area (Å²) in [5, 5.41) is 0. The molecule has 4 rings (SSSR count). The molecule has 1 amide bonds. The lowest BCUT2D eigenvalue weighted by Crippen LogP contribution is -2.47. The van der Waals surface area contributed by atoms with Crippen LogP contribution in [0.1, 0.15) is 41.7 Å². The van der Waals surface area contributed by atoms with Gasteiger partial charge in [0.1, 0.15) is 17.8 Å². The summed E-state index contributed by atoms with van der Waals surface area (Å²) in [6, 6.07) is 10.5. The molecule has 2 fully saturated rings. The Bertz CT molecular complexity index is 808. The highest BCUT2D eigenvalue weighted by Crippen LogP contribution is 2.21. The Morgan fingerprint density at radius 2 is 1.57 bits per heavy atom. The molecule has 0 unspecified atom stereocenters. The highest BCUT2D eigenvalue weighted by atomic mass is 16.2. The summed E-state index contributed by atoms with van der Waals surface area (Å²) in [6.07, 6.45) is 6.14. The van der Waals surface area contributed by atoms with E-state index in [1.807, 2.05) is 11.0 Å². The van der Waals surface area contributed by atoms with Crippen molar-refractivity contribution >= 4 is 17.4 Å². The first-order chi connectivity index (χ1) is 13.7. The lowest BCUT2D eigenvalue weighted by atomic mass is 10.2. The maximum Gasteiger partial charge on any atom is 0.272 e. The zero-order valence-corrected chi connectivity index (χ0v) is 16.7. The van der Waals surface area contributed by atoms with Gasteiger partial charge in [-0.3, -0.25) is 4.79 Å². The molecule has 1 aromatic carbocycles. The van der Waals surface area contributed by atoms with Crippen LogP contribution in [0.25, 0.3) is 0 Å². The number of aromatic nitrogens is 2. The van der Waals surface area contributed by atoms with Gasteiger partial charge in [0.2, 0.25) is 0 Å². The van der Waals surface area contributed by atoms with Gasteiger partial charge in [-0.25, -0.2) is 9.97 Å². The summed E-state index contributed by atoms with van der Waals surface area (Å²) in [5.41, 5.74) is 3.08. The van der Waals surface area contributed by atoms with E-state index in [0.717, 1.165) is 57.9 Å². The predicted molar refractivity (Wildman–Crippen MR) is 112 cm³/mol. The van der Waals surface area contributed by atoms with Crippen LogP contribution >= 0.6 is 0 Å². The average molecular weight is 380 g/mol. The number of hydrogen-bond donors (Lipinski definition) is 0. The molecule has 6 heteroatoms. The predicted octanol–water partition coefficient (Wildman–Crippen LogP) is 3.13. The van der Waals surface area contributed by atoms with Crippen molar-refractivity contribution < 1.29 is 4.79 Å². The Kier molecular flexibility index (Phi) is 5.74.